The van der Waals surface area contributed by atoms with E-state index < -0.39 is 134 Å². The number of imidazole rings is 3. The van der Waals surface area contributed by atoms with Gasteiger partial charge >= 0.3 is 0 Å². The molecule has 5 unspecified atom stereocenters. The average Bonchev–Trinajstić information content (AvgIpc) is 4.17. The summed E-state index contributed by atoms with van der Waals surface area (Å²) in [6, 6.07) is 1.48. The lowest BCUT2D eigenvalue weighted by molar-refractivity contribution is -0.339. The summed E-state index contributed by atoms with van der Waals surface area (Å²) in [6.45, 7) is -2.01. The summed E-state index contributed by atoms with van der Waals surface area (Å²) >= 11 is 0. The number of pyridine rings is 1. The summed E-state index contributed by atoms with van der Waals surface area (Å²) in [5, 5.41) is 78.1. The van der Waals surface area contributed by atoms with E-state index in [0.29, 0.717) is 5.52 Å². The number of aromatic amines is 1. The van der Waals surface area contributed by atoms with Gasteiger partial charge in [-0.1, -0.05) is 0 Å². The number of fused-ring (bicyclic) bond motifs is 3. The molecule has 3 aliphatic heterocycles. The van der Waals surface area contributed by atoms with Crippen molar-refractivity contribution in [3.63, 3.8) is 0 Å². The number of anilines is 3. The first kappa shape index (κ1) is 56.2. The Balaban J connectivity index is 0.000000170. The highest BCUT2D eigenvalue weighted by Crippen LogP contribution is 2.60. The molecule has 9 heterocycles. The molecule has 0 radical (unpaired) electrons. The van der Waals surface area contributed by atoms with Crippen LogP contribution in [0.15, 0.2) is 39.4 Å². The van der Waals surface area contributed by atoms with Crippen molar-refractivity contribution in [3.8, 4) is 0 Å². The van der Waals surface area contributed by atoms with Crippen molar-refractivity contribution in [1.29, 1.82) is 0 Å². The van der Waals surface area contributed by atoms with E-state index in [2.05, 4.69) is 43.0 Å². The number of phosphoric ester groups is 1. The normalized spacial score (nSPS) is 28.7. The maximum absolute atomic E-state index is 12.2. The van der Waals surface area contributed by atoms with Gasteiger partial charge < -0.3 is 110 Å². The van der Waals surface area contributed by atoms with Crippen molar-refractivity contribution in [2.24, 2.45) is 14.1 Å². The van der Waals surface area contributed by atoms with Gasteiger partial charge in [0.25, 0.3) is 32.3 Å². The molecular weight excluding hydrogens is 1070 g/mol. The van der Waals surface area contributed by atoms with E-state index in [9.17, 15) is 78.3 Å². The number of nitrogen functional groups attached to an aromatic ring is 3. The largest absolute Gasteiger partial charge is 0.790 e. The Morgan fingerprint density at radius 3 is 1.46 bits per heavy atom. The summed E-state index contributed by atoms with van der Waals surface area (Å²) in [5.41, 5.74) is 15.8. The van der Waals surface area contributed by atoms with Crippen LogP contribution < -0.4 is 53.5 Å². The van der Waals surface area contributed by atoms with E-state index in [4.69, 9.17) is 41.6 Å². The van der Waals surface area contributed by atoms with E-state index in [0.717, 1.165) is 20.0 Å². The van der Waals surface area contributed by atoms with Crippen molar-refractivity contribution in [3.05, 3.63) is 56.1 Å². The highest BCUT2D eigenvalue weighted by molar-refractivity contribution is 7.64. The molecule has 0 amide bonds. The van der Waals surface area contributed by atoms with Gasteiger partial charge in [-0.25, -0.2) is 19.3 Å². The van der Waals surface area contributed by atoms with E-state index in [1.165, 1.54) is 42.0 Å². The van der Waals surface area contributed by atoms with Gasteiger partial charge in [-0.3, -0.25) is 46.1 Å². The molecule has 3 aliphatic rings. The molecule has 408 valence electrons. The smallest absolute Gasteiger partial charge is 0.282 e. The Kier molecular flexibility index (Phi) is 16.1. The lowest BCUT2D eigenvalue weighted by Crippen LogP contribution is -2.34. The Hall–Kier alpha value is -5.51. The van der Waals surface area contributed by atoms with Gasteiger partial charge in [-0.2, -0.15) is 9.97 Å². The minimum Gasteiger partial charge on any atom is -0.790 e. The van der Waals surface area contributed by atoms with Crippen LogP contribution in [0.3, 0.4) is 0 Å². The van der Waals surface area contributed by atoms with E-state index in [1.54, 1.807) is 0 Å². The maximum Gasteiger partial charge on any atom is 0.282 e. The molecule has 6 aromatic heterocycles. The maximum atomic E-state index is 12.2. The third-order valence-electron chi connectivity index (χ3n) is 11.3. The molecule has 14 atom stereocenters. The molecule has 0 saturated carbocycles. The van der Waals surface area contributed by atoms with Crippen molar-refractivity contribution in [1.82, 2.24) is 52.7 Å². The Morgan fingerprint density at radius 1 is 0.622 bits per heavy atom. The van der Waals surface area contributed by atoms with Gasteiger partial charge in [0, 0.05) is 20.2 Å². The van der Waals surface area contributed by atoms with Crippen LogP contribution in [0.25, 0.3) is 33.4 Å². The van der Waals surface area contributed by atoms with Gasteiger partial charge in [0.1, 0.15) is 60.8 Å². The SMILES string of the molecule is Cn1c(N)nc2c(ncn2[C@@H]2O[C@H](CO)[C@H](O)C2O)c1=O.Cn1c(N)nc2c(ncn2[C@@H]2O[C@H](COP(=O)([O-])OP(=O)([O-])OP(=O)([O-])[O-])[C@H](O)C2O)c1=O.Nc1cc2c(ncn2[C@@H]2O[C@H](CO)[C@H](O)C2O)c(=O)[nH]1. The van der Waals surface area contributed by atoms with Crippen LogP contribution in [-0.2, 0) is 55.1 Å². The number of aromatic nitrogens is 11. The number of nitrogens with one attached hydrogen (secondary N) is 1. The van der Waals surface area contributed by atoms with Crippen LogP contribution in [-0.4, -0.2) is 168 Å². The number of ether oxygens (including phenoxy) is 3. The first-order valence-electron chi connectivity index (χ1n) is 20.7. The molecule has 74 heavy (non-hydrogen) atoms. The first-order valence-corrected chi connectivity index (χ1v) is 25.1. The fourth-order valence-electron chi connectivity index (χ4n) is 7.53. The van der Waals surface area contributed by atoms with Gasteiger partial charge in [0.15, 0.2) is 46.5 Å². The molecule has 38 nitrogen and oxygen atoms in total. The van der Waals surface area contributed by atoms with E-state index >= 15 is 0 Å². The molecular formula is C33H43N14O24P3-4. The number of H-pyrrole nitrogens is 1. The number of aliphatic hydroxyl groups excluding tert-OH is 8. The summed E-state index contributed by atoms with van der Waals surface area (Å²) in [5.74, 6) is -0.0754. The molecule has 0 aliphatic carbocycles. The average molecular weight is 1110 g/mol. The predicted molar refractivity (Wildman–Crippen MR) is 232 cm³/mol. The van der Waals surface area contributed by atoms with Gasteiger partial charge in [0.05, 0.1) is 52.1 Å². The number of aliphatic hydroxyl groups is 8. The molecule has 9 rings (SSSR count). The molecule has 41 heteroatoms. The zero-order valence-corrected chi connectivity index (χ0v) is 40.2. The second-order valence-corrected chi connectivity index (χ2v) is 20.3. The Morgan fingerprint density at radius 2 is 1.03 bits per heavy atom. The lowest BCUT2D eigenvalue weighted by Gasteiger charge is -2.37. The van der Waals surface area contributed by atoms with Gasteiger partial charge in [-0.15, -0.1) is 0 Å². The van der Waals surface area contributed by atoms with Crippen LogP contribution in [0.1, 0.15) is 18.7 Å². The molecule has 3 saturated heterocycles. The Labute approximate surface area is 409 Å². The highest BCUT2D eigenvalue weighted by Gasteiger charge is 2.47. The topological polar surface area (TPSA) is 595 Å². The van der Waals surface area contributed by atoms with Crippen molar-refractivity contribution in [2.45, 2.75) is 73.6 Å². The van der Waals surface area contributed by atoms with Crippen LogP contribution in [0.2, 0.25) is 0 Å². The molecule has 15 N–H and O–H groups in total. The zero-order chi connectivity index (χ0) is 54.7. The summed E-state index contributed by atoms with van der Waals surface area (Å²) in [4.78, 5) is 102. The monoisotopic (exact) mass is 1110 g/mol. The van der Waals surface area contributed by atoms with E-state index in [-0.39, 0.29) is 45.6 Å². The second-order valence-electron chi connectivity index (χ2n) is 16.1. The number of nitrogens with two attached hydrogens (primary N) is 3. The van der Waals surface area contributed by atoms with E-state index in [1.807, 2.05) is 0 Å². The minimum atomic E-state index is -6.17. The van der Waals surface area contributed by atoms with Gasteiger partial charge in [-0.05, 0) is 0 Å². The van der Waals surface area contributed by atoms with Crippen molar-refractivity contribution < 1.29 is 101 Å². The van der Waals surface area contributed by atoms with Crippen LogP contribution in [0, 0.1) is 0 Å². The van der Waals surface area contributed by atoms with Crippen LogP contribution in [0.5, 0.6) is 0 Å². The van der Waals surface area contributed by atoms with Crippen LogP contribution >= 0.6 is 23.5 Å². The summed E-state index contributed by atoms with van der Waals surface area (Å²) in [6.07, 6.45) is -11.8. The number of rotatable bonds is 12. The Bertz CT molecular complexity index is 3380. The number of nitrogens with zero attached hydrogens (tertiary/aromatic N) is 10. The number of hydrogen-bond donors (Lipinski definition) is 12. The third-order valence-corrected chi connectivity index (χ3v) is 14.9. The van der Waals surface area contributed by atoms with Gasteiger partial charge in [0.2, 0.25) is 11.9 Å². The standard InChI is InChI=1S/C11H18N5O14P3.C11H15N5O5.C11H14N4O5/c1-15-9(19)5-8(14-11(15)12)16(3-13-5)10-7(18)6(17)4(28-10)2-27-32(23,24)30-33(25,26)29-31(20,21)22;1-15-9(20)5-8(14-11(15)12)16(3-13-5)10-7(19)6(18)4(2-17)21-10;12-6-1-4-7(10(19)14-6)13-3-15(4)11-9(18)8(17)5(2-16)20-11/h3-4,6-7,10,17-18H,2H2,1H3,(H2,12,14)(H,23,24)(H,25,26)(H2,20,21,22);3-4,6-7,10,17-19H,2H2,1H3,(H2,12,14);1,3,5,8-9,11,16-18H,2H2,(H3,12,14,19)/p-4/t2*4-,6+,7?,10-;5-,8+,9?,11-/m111/s1. The predicted octanol–water partition coefficient (Wildman–Crippen LogP) is -9.61. The third kappa shape index (κ3) is 11.2. The highest BCUT2D eigenvalue weighted by atomic mass is 31.3. The number of phosphoric acid groups is 3. The quantitative estimate of drug-likeness (QED) is 0.0506. The molecule has 6 aromatic rings. The lowest BCUT2D eigenvalue weighted by atomic mass is 10.1. The van der Waals surface area contributed by atoms with Crippen molar-refractivity contribution in [2.75, 3.05) is 37.0 Å². The number of hydrogen-bond acceptors (Lipinski definition) is 32. The molecule has 3 fully saturated rings. The fourth-order valence-corrected chi connectivity index (χ4v) is 10.4. The summed E-state index contributed by atoms with van der Waals surface area (Å²) < 4.78 is 65.8. The second kappa shape index (κ2) is 21.3. The zero-order valence-electron chi connectivity index (χ0n) is 37.5. The molecule has 0 aromatic carbocycles. The fraction of sp³-hybridized carbons (Fsp3) is 0.515. The van der Waals surface area contributed by atoms with Crippen molar-refractivity contribution >= 4 is 74.5 Å². The van der Waals surface area contributed by atoms with Crippen LogP contribution in [0.4, 0.5) is 17.7 Å². The first-order chi connectivity index (χ1) is 34.5. The summed E-state index contributed by atoms with van der Waals surface area (Å²) in [7, 11) is -15.4. The molecule has 0 spiro atoms. The minimum absolute atomic E-state index is 0.0130. The molecule has 0 bridgehead atoms.